The van der Waals surface area contributed by atoms with Crippen molar-refractivity contribution in [2.75, 3.05) is 13.2 Å². The number of carbonyl (C=O) groups excluding carboxylic acids is 2. The van der Waals surface area contributed by atoms with Gasteiger partial charge in [0.1, 0.15) is 5.75 Å². The zero-order valence-electron chi connectivity index (χ0n) is 14.1. The van der Waals surface area contributed by atoms with Gasteiger partial charge < -0.3 is 15.2 Å². The molecule has 2 rings (SSSR count). The molecule has 0 radical (unpaired) electrons. The molecule has 3 N–H and O–H groups in total. The first-order valence-electron chi connectivity index (χ1n) is 7.59. The number of amides is 3. The number of hydrogen-bond donors (Lipinski definition) is 3. The summed E-state index contributed by atoms with van der Waals surface area (Å²) in [6.45, 7) is 4.76. The molecule has 1 aliphatic rings. The van der Waals surface area contributed by atoms with Gasteiger partial charge in [0.15, 0.2) is 0 Å². The van der Waals surface area contributed by atoms with Crippen LogP contribution in [-0.4, -0.2) is 42.3 Å². The number of imide groups is 1. The number of hydrogen-bond acceptors (Lipinski definition) is 4. The van der Waals surface area contributed by atoms with Crippen LogP contribution in [0.3, 0.4) is 0 Å². The monoisotopic (exact) mass is 376 g/mol. The first-order valence-corrected chi connectivity index (χ1v) is 7.59. The Morgan fingerprint density at radius 1 is 1.27 bits per heavy atom. The third-order valence-corrected chi connectivity index (χ3v) is 3.49. The van der Waals surface area contributed by atoms with Gasteiger partial charge in [0.25, 0.3) is 0 Å². The third-order valence-electron chi connectivity index (χ3n) is 3.49. The van der Waals surface area contributed by atoms with E-state index in [1.807, 2.05) is 38.1 Å². The predicted octanol–water partition coefficient (Wildman–Crippen LogP) is 2.11. The quantitative estimate of drug-likeness (QED) is 0.747. The normalized spacial score (nSPS) is 19.6. The molecular weight excluding hydrogens is 357 g/mol. The van der Waals surface area contributed by atoms with E-state index in [1.54, 1.807) is 0 Å². The van der Waals surface area contributed by atoms with E-state index in [0.29, 0.717) is 19.6 Å². The highest BCUT2D eigenvalue weighted by Gasteiger charge is 2.39. The minimum atomic E-state index is -5.08. The predicted molar refractivity (Wildman–Crippen MR) is 84.7 cm³/mol. The fourth-order valence-electron chi connectivity index (χ4n) is 2.12. The average molecular weight is 376 g/mol. The fourth-order valence-corrected chi connectivity index (χ4v) is 2.12. The zero-order chi connectivity index (χ0) is 20.0. The van der Waals surface area contributed by atoms with Crippen LogP contribution < -0.4 is 15.4 Å². The van der Waals surface area contributed by atoms with Crippen molar-refractivity contribution in [1.29, 1.82) is 0 Å². The van der Waals surface area contributed by atoms with Gasteiger partial charge in [0.05, 0.1) is 12.0 Å². The Morgan fingerprint density at radius 2 is 1.81 bits per heavy atom. The first kappa shape index (κ1) is 21.3. The van der Waals surface area contributed by atoms with Crippen LogP contribution in [0.25, 0.3) is 0 Å². The lowest BCUT2D eigenvalue weighted by atomic mass is 9.81. The largest absolute Gasteiger partial charge is 0.494 e. The molecule has 1 heterocycles. The van der Waals surface area contributed by atoms with Crippen molar-refractivity contribution < 1.29 is 37.4 Å². The molecule has 0 bridgehead atoms. The minimum absolute atomic E-state index is 0.231. The van der Waals surface area contributed by atoms with E-state index >= 15 is 0 Å². The van der Waals surface area contributed by atoms with E-state index in [1.165, 1.54) is 0 Å². The fraction of sp³-hybridized carbons (Fsp3) is 0.438. The number of carboxylic acid groups (broad SMARTS) is 1. The second-order valence-electron chi connectivity index (χ2n) is 5.75. The van der Waals surface area contributed by atoms with Gasteiger partial charge in [0.2, 0.25) is 5.91 Å². The van der Waals surface area contributed by atoms with Crippen LogP contribution in [-0.2, 0) is 16.0 Å². The molecule has 1 aromatic rings. The number of ether oxygens (including phenoxy) is 1. The molecule has 0 spiro atoms. The summed E-state index contributed by atoms with van der Waals surface area (Å²) in [7, 11) is 0. The Labute approximate surface area is 147 Å². The lowest BCUT2D eigenvalue weighted by Gasteiger charge is -2.32. The summed E-state index contributed by atoms with van der Waals surface area (Å²) in [4.78, 5) is 31.9. The summed E-state index contributed by atoms with van der Waals surface area (Å²) in [6.07, 6.45) is -4.51. The topological polar surface area (TPSA) is 105 Å². The number of alkyl halides is 3. The number of aliphatic carboxylic acids is 1. The van der Waals surface area contributed by atoms with E-state index in [0.717, 1.165) is 11.3 Å². The van der Waals surface area contributed by atoms with Crippen LogP contribution in [0.15, 0.2) is 24.3 Å². The second-order valence-corrected chi connectivity index (χ2v) is 5.75. The summed E-state index contributed by atoms with van der Waals surface area (Å²) in [5.74, 6) is -2.17. The summed E-state index contributed by atoms with van der Waals surface area (Å²) >= 11 is 0. The molecule has 1 atom stereocenters. The highest BCUT2D eigenvalue weighted by molar-refractivity contribution is 5.99. The highest BCUT2D eigenvalue weighted by atomic mass is 19.4. The number of nitrogens with one attached hydrogen (secondary N) is 2. The molecule has 10 heteroatoms. The second kappa shape index (κ2) is 8.54. The molecule has 26 heavy (non-hydrogen) atoms. The van der Waals surface area contributed by atoms with Gasteiger partial charge in [-0.3, -0.25) is 10.1 Å². The smallest absolute Gasteiger partial charge is 0.490 e. The number of carboxylic acids is 1. The van der Waals surface area contributed by atoms with Crippen molar-refractivity contribution in [2.45, 2.75) is 26.4 Å². The van der Waals surface area contributed by atoms with Crippen LogP contribution in [0.2, 0.25) is 0 Å². The van der Waals surface area contributed by atoms with E-state index in [4.69, 9.17) is 14.6 Å². The minimum Gasteiger partial charge on any atom is -0.494 e. The molecular formula is C16H19F3N2O5. The maximum absolute atomic E-state index is 11.9. The highest BCUT2D eigenvalue weighted by Crippen LogP contribution is 2.25. The van der Waals surface area contributed by atoms with Crippen molar-refractivity contribution >= 4 is 17.9 Å². The Balaban J connectivity index is 0.000000412. The van der Waals surface area contributed by atoms with Crippen molar-refractivity contribution in [3.05, 3.63) is 29.8 Å². The Kier molecular flexibility index (Phi) is 6.99. The van der Waals surface area contributed by atoms with Gasteiger partial charge in [-0.05, 0) is 38.0 Å². The Morgan fingerprint density at radius 3 is 2.23 bits per heavy atom. The van der Waals surface area contributed by atoms with Crippen LogP contribution in [0, 0.1) is 5.41 Å². The Hall–Kier alpha value is -2.78. The van der Waals surface area contributed by atoms with Gasteiger partial charge in [-0.25, -0.2) is 9.59 Å². The van der Waals surface area contributed by atoms with Crippen LogP contribution >= 0.6 is 0 Å². The Bertz CT molecular complexity index is 661. The summed E-state index contributed by atoms with van der Waals surface area (Å²) in [6, 6.07) is 7.25. The van der Waals surface area contributed by atoms with Gasteiger partial charge in [0, 0.05) is 6.54 Å². The number of rotatable bonds is 4. The third kappa shape index (κ3) is 6.26. The maximum atomic E-state index is 11.9. The molecule has 144 valence electrons. The number of urea groups is 1. The summed E-state index contributed by atoms with van der Waals surface area (Å²) < 4.78 is 37.1. The van der Waals surface area contributed by atoms with E-state index in [-0.39, 0.29) is 5.91 Å². The lowest BCUT2D eigenvalue weighted by Crippen LogP contribution is -2.58. The molecule has 3 amide bonds. The van der Waals surface area contributed by atoms with Crippen molar-refractivity contribution in [1.82, 2.24) is 10.6 Å². The number of carbonyl (C=O) groups is 3. The number of halogens is 3. The van der Waals surface area contributed by atoms with Crippen molar-refractivity contribution in [3.63, 3.8) is 0 Å². The van der Waals surface area contributed by atoms with E-state index in [9.17, 15) is 22.8 Å². The standard InChI is InChI=1S/C14H18N2O3.C2HF3O2/c1-3-19-11-6-4-10(5-7-11)8-14(2)9-15-13(18)16-12(14)17;3-2(4,5)1(6)7/h4-7H,3,8-9H2,1-2H3,(H2,15,16,17,18);(H,6,7). The van der Waals surface area contributed by atoms with Gasteiger partial charge in [-0.15, -0.1) is 0 Å². The molecule has 0 saturated carbocycles. The molecule has 0 aliphatic carbocycles. The van der Waals surface area contributed by atoms with Crippen molar-refractivity contribution in [3.8, 4) is 5.75 Å². The van der Waals surface area contributed by atoms with Gasteiger partial charge >= 0.3 is 18.2 Å². The average Bonchev–Trinajstić information content (AvgIpc) is 2.54. The van der Waals surface area contributed by atoms with Crippen LogP contribution in [0.5, 0.6) is 5.75 Å². The van der Waals surface area contributed by atoms with E-state index in [2.05, 4.69) is 10.6 Å². The van der Waals surface area contributed by atoms with Gasteiger partial charge in [-0.2, -0.15) is 13.2 Å². The molecule has 1 unspecified atom stereocenters. The summed E-state index contributed by atoms with van der Waals surface area (Å²) in [5, 5.41) is 12.1. The zero-order valence-corrected chi connectivity index (χ0v) is 14.1. The summed E-state index contributed by atoms with van der Waals surface area (Å²) in [5.41, 5.74) is 0.429. The molecule has 7 nitrogen and oxygen atoms in total. The SMILES string of the molecule is CCOc1ccc(CC2(C)CNC(=O)NC2=O)cc1.O=C(O)C(F)(F)F. The van der Waals surface area contributed by atoms with E-state index < -0.39 is 23.6 Å². The first-order chi connectivity index (χ1) is 12.0. The van der Waals surface area contributed by atoms with Crippen molar-refractivity contribution in [2.24, 2.45) is 5.41 Å². The van der Waals surface area contributed by atoms with Crippen LogP contribution in [0.4, 0.5) is 18.0 Å². The molecule has 1 fully saturated rings. The lowest BCUT2D eigenvalue weighted by molar-refractivity contribution is -0.192. The maximum Gasteiger partial charge on any atom is 0.490 e. The van der Waals surface area contributed by atoms with Gasteiger partial charge in [-0.1, -0.05) is 12.1 Å². The number of benzene rings is 1. The molecule has 1 aliphatic heterocycles. The molecule has 1 aromatic carbocycles. The molecule has 0 aromatic heterocycles. The van der Waals surface area contributed by atoms with Crippen LogP contribution in [0.1, 0.15) is 19.4 Å². The molecule has 1 saturated heterocycles.